The molecule has 3 heterocycles. The van der Waals surface area contributed by atoms with Gasteiger partial charge < -0.3 is 5.73 Å². The highest BCUT2D eigenvalue weighted by atomic mass is 16.2. The summed E-state index contributed by atoms with van der Waals surface area (Å²) in [5.41, 5.74) is 7.21. The first-order chi connectivity index (χ1) is 13.3. The number of likely N-dealkylation sites (tertiary alicyclic amines) is 1. The van der Waals surface area contributed by atoms with Crippen molar-refractivity contribution in [2.45, 2.75) is 44.8 Å². The van der Waals surface area contributed by atoms with Crippen LogP contribution in [0.2, 0.25) is 0 Å². The van der Waals surface area contributed by atoms with E-state index in [0.29, 0.717) is 30.1 Å². The molecule has 1 aromatic rings. The van der Waals surface area contributed by atoms with Crippen LogP contribution < -0.4 is 11.1 Å². The van der Waals surface area contributed by atoms with Crippen LogP contribution in [0.3, 0.4) is 0 Å². The lowest BCUT2D eigenvalue weighted by Gasteiger charge is -2.55. The summed E-state index contributed by atoms with van der Waals surface area (Å²) in [6.45, 7) is 6.23. The van der Waals surface area contributed by atoms with E-state index in [1.54, 1.807) is 12.1 Å². The predicted octanol–water partition coefficient (Wildman–Crippen LogP) is 0.257. The number of benzene rings is 1. The molecule has 2 unspecified atom stereocenters. The lowest BCUT2D eigenvalue weighted by molar-refractivity contribution is -0.136. The predicted molar refractivity (Wildman–Crippen MR) is 100 cm³/mol. The third kappa shape index (κ3) is 2.67. The third-order valence-corrected chi connectivity index (χ3v) is 6.46. The van der Waals surface area contributed by atoms with Crippen molar-refractivity contribution in [3.8, 4) is 0 Å². The standard InChI is InChI=1S/C20H24N4O4/c1-20(2)12(8-21)10-23(20)9-11-4-3-5-13-16(11)19(28)24(18(13)27)14-6-7-15(25)22-17(14)26/h3-5,12,14H,6-10,21H2,1-2H3,(H,22,25,26). The third-order valence-electron chi connectivity index (χ3n) is 6.46. The van der Waals surface area contributed by atoms with Crippen molar-refractivity contribution in [3.63, 3.8) is 0 Å². The van der Waals surface area contributed by atoms with Gasteiger partial charge in [0.25, 0.3) is 11.8 Å². The number of fused-ring (bicyclic) bond motifs is 1. The molecule has 3 aliphatic rings. The second-order valence-electron chi connectivity index (χ2n) is 8.25. The molecule has 0 bridgehead atoms. The Balaban J connectivity index is 1.62. The van der Waals surface area contributed by atoms with Crippen molar-refractivity contribution in [1.82, 2.24) is 15.1 Å². The number of hydrogen-bond donors (Lipinski definition) is 2. The number of rotatable bonds is 4. The summed E-state index contributed by atoms with van der Waals surface area (Å²) in [5.74, 6) is -1.52. The summed E-state index contributed by atoms with van der Waals surface area (Å²) in [4.78, 5) is 52.9. The van der Waals surface area contributed by atoms with Crippen molar-refractivity contribution in [2.75, 3.05) is 13.1 Å². The maximum atomic E-state index is 13.1. The summed E-state index contributed by atoms with van der Waals surface area (Å²) in [6.07, 6.45) is 0.266. The van der Waals surface area contributed by atoms with E-state index in [1.807, 2.05) is 6.07 Å². The SMILES string of the molecule is CC1(C)C(CN)CN1Cc1cccc2c1C(=O)N(C1CCC(=O)NC1=O)C2=O. The van der Waals surface area contributed by atoms with Crippen molar-refractivity contribution in [3.05, 3.63) is 34.9 Å². The number of amides is 4. The van der Waals surface area contributed by atoms with E-state index in [-0.39, 0.29) is 24.3 Å². The van der Waals surface area contributed by atoms with E-state index in [9.17, 15) is 19.2 Å². The summed E-state index contributed by atoms with van der Waals surface area (Å²) >= 11 is 0. The highest BCUT2D eigenvalue weighted by Crippen LogP contribution is 2.38. The van der Waals surface area contributed by atoms with Crippen molar-refractivity contribution in [2.24, 2.45) is 11.7 Å². The molecule has 0 saturated carbocycles. The lowest BCUT2D eigenvalue weighted by Crippen LogP contribution is -2.65. The first-order valence-electron chi connectivity index (χ1n) is 9.54. The molecule has 8 nitrogen and oxygen atoms in total. The maximum absolute atomic E-state index is 13.1. The average molecular weight is 384 g/mol. The molecule has 3 N–H and O–H groups in total. The van der Waals surface area contributed by atoms with Gasteiger partial charge in [0.05, 0.1) is 11.1 Å². The molecule has 0 aliphatic carbocycles. The van der Waals surface area contributed by atoms with Crippen LogP contribution in [0.4, 0.5) is 0 Å². The molecule has 2 fully saturated rings. The summed E-state index contributed by atoms with van der Waals surface area (Å²) in [5, 5.41) is 2.22. The van der Waals surface area contributed by atoms with Crippen LogP contribution in [0, 0.1) is 5.92 Å². The Hall–Kier alpha value is -2.58. The van der Waals surface area contributed by atoms with Gasteiger partial charge in [-0.25, -0.2) is 0 Å². The molecule has 8 heteroatoms. The quantitative estimate of drug-likeness (QED) is 0.720. The Morgan fingerprint density at radius 2 is 1.93 bits per heavy atom. The first kappa shape index (κ1) is 18.8. The fourth-order valence-corrected chi connectivity index (χ4v) is 4.42. The topological polar surface area (TPSA) is 113 Å². The van der Waals surface area contributed by atoms with E-state index >= 15 is 0 Å². The van der Waals surface area contributed by atoms with Gasteiger partial charge in [-0.15, -0.1) is 0 Å². The number of carbonyl (C=O) groups excluding carboxylic acids is 4. The number of nitrogens with one attached hydrogen (secondary N) is 1. The first-order valence-corrected chi connectivity index (χ1v) is 9.54. The molecule has 4 amide bonds. The van der Waals surface area contributed by atoms with E-state index in [0.717, 1.165) is 17.0 Å². The van der Waals surface area contributed by atoms with Gasteiger partial charge in [0, 0.05) is 31.0 Å². The zero-order valence-electron chi connectivity index (χ0n) is 16.0. The molecule has 3 aliphatic heterocycles. The average Bonchev–Trinajstić information content (AvgIpc) is 2.90. The van der Waals surface area contributed by atoms with Crippen LogP contribution >= 0.6 is 0 Å². The van der Waals surface area contributed by atoms with Gasteiger partial charge in [0.2, 0.25) is 11.8 Å². The van der Waals surface area contributed by atoms with Gasteiger partial charge in [-0.2, -0.15) is 0 Å². The molecule has 0 aromatic heterocycles. The summed E-state index contributed by atoms with van der Waals surface area (Å²) in [6, 6.07) is 4.29. The van der Waals surface area contributed by atoms with Crippen molar-refractivity contribution >= 4 is 23.6 Å². The molecular formula is C20H24N4O4. The molecule has 0 spiro atoms. The second-order valence-corrected chi connectivity index (χ2v) is 8.25. The molecule has 2 saturated heterocycles. The number of nitrogens with zero attached hydrogens (tertiary/aromatic N) is 2. The number of hydrogen-bond acceptors (Lipinski definition) is 6. The fraction of sp³-hybridized carbons (Fsp3) is 0.500. The minimum absolute atomic E-state index is 0.0769. The van der Waals surface area contributed by atoms with Gasteiger partial charge in [-0.3, -0.25) is 34.3 Å². The zero-order chi connectivity index (χ0) is 20.2. The Labute approximate surface area is 163 Å². The monoisotopic (exact) mass is 384 g/mol. The minimum atomic E-state index is -0.944. The Morgan fingerprint density at radius 1 is 1.18 bits per heavy atom. The van der Waals surface area contributed by atoms with E-state index in [4.69, 9.17) is 5.73 Å². The molecule has 28 heavy (non-hydrogen) atoms. The van der Waals surface area contributed by atoms with Crippen LogP contribution in [-0.2, 0) is 16.1 Å². The van der Waals surface area contributed by atoms with Gasteiger partial charge >= 0.3 is 0 Å². The van der Waals surface area contributed by atoms with E-state index < -0.39 is 23.8 Å². The van der Waals surface area contributed by atoms with Gasteiger partial charge in [-0.05, 0) is 38.4 Å². The molecule has 148 valence electrons. The number of piperidine rings is 1. The highest BCUT2D eigenvalue weighted by Gasteiger charge is 2.48. The van der Waals surface area contributed by atoms with Crippen LogP contribution in [0.15, 0.2) is 18.2 Å². The molecular weight excluding hydrogens is 360 g/mol. The van der Waals surface area contributed by atoms with Gasteiger partial charge in [0.15, 0.2) is 0 Å². The number of nitrogens with two attached hydrogens (primary N) is 1. The van der Waals surface area contributed by atoms with E-state index in [1.165, 1.54) is 0 Å². The fourth-order valence-electron chi connectivity index (χ4n) is 4.42. The van der Waals surface area contributed by atoms with Gasteiger partial charge in [0.1, 0.15) is 6.04 Å². The van der Waals surface area contributed by atoms with Crippen LogP contribution in [0.25, 0.3) is 0 Å². The van der Waals surface area contributed by atoms with Gasteiger partial charge in [-0.1, -0.05) is 12.1 Å². The Bertz CT molecular complexity index is 894. The van der Waals surface area contributed by atoms with Crippen LogP contribution in [-0.4, -0.2) is 58.1 Å². The summed E-state index contributed by atoms with van der Waals surface area (Å²) in [7, 11) is 0. The molecule has 1 aromatic carbocycles. The Kier molecular flexibility index (Phi) is 4.35. The second kappa shape index (κ2) is 6.49. The zero-order valence-corrected chi connectivity index (χ0v) is 16.0. The van der Waals surface area contributed by atoms with E-state index in [2.05, 4.69) is 24.1 Å². The minimum Gasteiger partial charge on any atom is -0.330 e. The molecule has 0 radical (unpaired) electrons. The van der Waals surface area contributed by atoms with Crippen LogP contribution in [0.1, 0.15) is 53.0 Å². The number of carbonyl (C=O) groups is 4. The lowest BCUT2D eigenvalue weighted by atomic mass is 9.76. The largest absolute Gasteiger partial charge is 0.330 e. The van der Waals surface area contributed by atoms with Crippen molar-refractivity contribution < 1.29 is 19.2 Å². The number of imide groups is 2. The maximum Gasteiger partial charge on any atom is 0.262 e. The molecule has 2 atom stereocenters. The highest BCUT2D eigenvalue weighted by molar-refractivity contribution is 6.24. The Morgan fingerprint density at radius 3 is 2.57 bits per heavy atom. The smallest absolute Gasteiger partial charge is 0.262 e. The van der Waals surface area contributed by atoms with Crippen LogP contribution in [0.5, 0.6) is 0 Å². The normalized spacial score (nSPS) is 26.9. The summed E-state index contributed by atoms with van der Waals surface area (Å²) < 4.78 is 0. The van der Waals surface area contributed by atoms with Crippen molar-refractivity contribution in [1.29, 1.82) is 0 Å². The molecule has 4 rings (SSSR count).